The molecule has 3 aromatic carbocycles. The molecule has 0 spiro atoms. The quantitative estimate of drug-likeness (QED) is 0.398. The van der Waals surface area contributed by atoms with Gasteiger partial charge in [0.05, 0.1) is 23.9 Å². The van der Waals surface area contributed by atoms with E-state index in [0.29, 0.717) is 12.8 Å². The fourth-order valence-corrected chi connectivity index (χ4v) is 3.49. The number of benzene rings is 3. The zero-order valence-electron chi connectivity index (χ0n) is 16.6. The number of hydrogen-bond donors (Lipinski definition) is 0. The molecule has 4 rings (SSSR count). The maximum atomic E-state index is 13.3. The summed E-state index contributed by atoms with van der Waals surface area (Å²) >= 11 is 0. The average molecular weight is 405 g/mol. The van der Waals surface area contributed by atoms with Crippen LogP contribution in [0.4, 0.5) is 8.87 Å². The van der Waals surface area contributed by atoms with Gasteiger partial charge in [-0.15, -0.1) is 0 Å². The molecule has 6 heteroatoms. The van der Waals surface area contributed by atoms with Crippen molar-refractivity contribution >= 4 is 16.8 Å². The summed E-state index contributed by atoms with van der Waals surface area (Å²) in [6, 6.07) is 20.4. The van der Waals surface area contributed by atoms with E-state index in [1.54, 1.807) is 23.0 Å². The van der Waals surface area contributed by atoms with Crippen LogP contribution in [0.2, 0.25) is 0 Å². The van der Waals surface area contributed by atoms with Gasteiger partial charge in [-0.1, -0.05) is 34.8 Å². The molecular formula is C24H21F2N3O. The second-order valence-corrected chi connectivity index (χ2v) is 7.22. The molecule has 1 aromatic heterocycles. The standard InChI is InChI=1S/C24H21F2N3O/c1-17(30)28(26)13-3-5-18-4-2-6-19(14-18)20-7-12-24-21(15-20)16-27-29(24)23-10-8-22(25)9-11-23/h2,4,6-12,14-16H,3,5,13H2,1H3. The molecule has 0 N–H and O–H groups in total. The Morgan fingerprint density at radius 3 is 2.57 bits per heavy atom. The number of carbonyl (C=O) groups excluding carboxylic acids is 1. The summed E-state index contributed by atoms with van der Waals surface area (Å²) in [7, 11) is 0. The summed E-state index contributed by atoms with van der Waals surface area (Å²) < 4.78 is 28.3. The number of rotatable bonds is 6. The number of aromatic nitrogens is 2. The molecule has 0 bridgehead atoms. The minimum absolute atomic E-state index is 0.0914. The zero-order chi connectivity index (χ0) is 21.1. The van der Waals surface area contributed by atoms with Gasteiger partial charge in [0, 0.05) is 12.3 Å². The number of halogens is 2. The van der Waals surface area contributed by atoms with Crippen molar-refractivity contribution in [3.63, 3.8) is 0 Å². The molecule has 0 radical (unpaired) electrons. The smallest absolute Gasteiger partial charge is 0.247 e. The molecule has 1 amide bonds. The van der Waals surface area contributed by atoms with Crippen LogP contribution in [0.1, 0.15) is 18.9 Å². The summed E-state index contributed by atoms with van der Waals surface area (Å²) in [4.78, 5) is 11.0. The topological polar surface area (TPSA) is 38.1 Å². The van der Waals surface area contributed by atoms with Gasteiger partial charge in [-0.2, -0.15) is 10.2 Å². The second kappa shape index (κ2) is 8.45. The Labute approximate surface area is 173 Å². The highest BCUT2D eigenvalue weighted by Crippen LogP contribution is 2.27. The Balaban J connectivity index is 1.55. The van der Waals surface area contributed by atoms with Gasteiger partial charge in [0.15, 0.2) is 0 Å². The van der Waals surface area contributed by atoms with Gasteiger partial charge < -0.3 is 0 Å². The van der Waals surface area contributed by atoms with Crippen molar-refractivity contribution < 1.29 is 13.7 Å². The van der Waals surface area contributed by atoms with Crippen LogP contribution in [0.5, 0.6) is 0 Å². The van der Waals surface area contributed by atoms with Crippen LogP contribution in [0.15, 0.2) is 72.9 Å². The predicted molar refractivity (Wildman–Crippen MR) is 113 cm³/mol. The first-order valence-corrected chi connectivity index (χ1v) is 9.78. The highest BCUT2D eigenvalue weighted by molar-refractivity contribution is 5.85. The molecule has 0 fully saturated rings. The maximum absolute atomic E-state index is 13.3. The van der Waals surface area contributed by atoms with E-state index in [4.69, 9.17) is 0 Å². The summed E-state index contributed by atoms with van der Waals surface area (Å²) in [6.07, 6.45) is 3.04. The number of amides is 1. The van der Waals surface area contributed by atoms with E-state index in [-0.39, 0.29) is 17.5 Å². The van der Waals surface area contributed by atoms with Crippen LogP contribution < -0.4 is 0 Å². The Morgan fingerprint density at radius 1 is 1.03 bits per heavy atom. The number of hydrogen-bond acceptors (Lipinski definition) is 2. The molecule has 152 valence electrons. The zero-order valence-corrected chi connectivity index (χ0v) is 16.6. The third-order valence-electron chi connectivity index (χ3n) is 5.06. The van der Waals surface area contributed by atoms with Crippen LogP contribution in [0.3, 0.4) is 0 Å². The molecule has 4 aromatic rings. The molecule has 30 heavy (non-hydrogen) atoms. The van der Waals surface area contributed by atoms with E-state index in [1.165, 1.54) is 19.1 Å². The lowest BCUT2D eigenvalue weighted by molar-refractivity contribution is -0.143. The van der Waals surface area contributed by atoms with E-state index in [0.717, 1.165) is 33.3 Å². The normalized spacial score (nSPS) is 11.0. The monoisotopic (exact) mass is 405 g/mol. The number of fused-ring (bicyclic) bond motifs is 1. The molecule has 0 atom stereocenters. The Kier molecular flexibility index (Phi) is 5.57. The molecule has 0 unspecified atom stereocenters. The second-order valence-electron chi connectivity index (χ2n) is 7.22. The molecule has 0 saturated heterocycles. The van der Waals surface area contributed by atoms with Crippen molar-refractivity contribution in [1.82, 2.24) is 14.9 Å². The van der Waals surface area contributed by atoms with Gasteiger partial charge in [-0.05, 0) is 65.9 Å². The van der Waals surface area contributed by atoms with Gasteiger partial charge in [0.25, 0.3) is 0 Å². The van der Waals surface area contributed by atoms with Crippen molar-refractivity contribution in [2.75, 3.05) is 6.54 Å². The minimum atomic E-state index is -0.571. The van der Waals surface area contributed by atoms with Crippen LogP contribution in [-0.2, 0) is 11.2 Å². The lowest BCUT2D eigenvalue weighted by atomic mass is 10.00. The molecule has 4 nitrogen and oxygen atoms in total. The molecule has 0 saturated carbocycles. The van der Waals surface area contributed by atoms with E-state index >= 15 is 0 Å². The number of nitrogens with zero attached hydrogens (tertiary/aromatic N) is 3. The van der Waals surface area contributed by atoms with E-state index in [9.17, 15) is 13.7 Å². The van der Waals surface area contributed by atoms with Gasteiger partial charge in [0.1, 0.15) is 5.82 Å². The molecule has 0 aliphatic rings. The third-order valence-corrected chi connectivity index (χ3v) is 5.06. The van der Waals surface area contributed by atoms with Crippen molar-refractivity contribution in [3.05, 3.63) is 84.3 Å². The van der Waals surface area contributed by atoms with E-state index < -0.39 is 5.91 Å². The largest absolute Gasteiger partial charge is 0.273 e. The van der Waals surface area contributed by atoms with Crippen molar-refractivity contribution in [1.29, 1.82) is 0 Å². The van der Waals surface area contributed by atoms with Gasteiger partial charge in [0.2, 0.25) is 5.91 Å². The van der Waals surface area contributed by atoms with Crippen LogP contribution in [0.25, 0.3) is 27.7 Å². The van der Waals surface area contributed by atoms with Crippen molar-refractivity contribution in [2.45, 2.75) is 19.8 Å². The van der Waals surface area contributed by atoms with Crippen LogP contribution >= 0.6 is 0 Å². The van der Waals surface area contributed by atoms with Gasteiger partial charge in [-0.3, -0.25) is 4.79 Å². The highest BCUT2D eigenvalue weighted by Gasteiger charge is 2.09. The Bertz CT molecular complexity index is 1180. The van der Waals surface area contributed by atoms with Crippen LogP contribution in [-0.4, -0.2) is 27.4 Å². The molecule has 0 aliphatic heterocycles. The lowest BCUT2D eigenvalue weighted by Gasteiger charge is -2.10. The van der Waals surface area contributed by atoms with Crippen molar-refractivity contribution in [2.24, 2.45) is 0 Å². The summed E-state index contributed by atoms with van der Waals surface area (Å²) in [5.41, 5.74) is 4.94. The molecule has 1 heterocycles. The summed E-state index contributed by atoms with van der Waals surface area (Å²) in [5, 5.41) is 5.67. The summed E-state index contributed by atoms with van der Waals surface area (Å²) in [5.74, 6) is -0.851. The number of aryl methyl sites for hydroxylation is 1. The van der Waals surface area contributed by atoms with Gasteiger partial charge in [-0.25, -0.2) is 9.07 Å². The molecule has 0 aliphatic carbocycles. The highest BCUT2D eigenvalue weighted by atomic mass is 19.2. The molecular weight excluding hydrogens is 384 g/mol. The van der Waals surface area contributed by atoms with Crippen LogP contribution in [0, 0.1) is 5.82 Å². The third kappa shape index (κ3) is 4.22. The Hall–Kier alpha value is -3.54. The first-order chi connectivity index (χ1) is 14.5. The predicted octanol–water partition coefficient (Wildman–Crippen LogP) is 5.50. The fraction of sp³-hybridized carbons (Fsp3) is 0.167. The van der Waals surface area contributed by atoms with Gasteiger partial charge >= 0.3 is 0 Å². The summed E-state index contributed by atoms with van der Waals surface area (Å²) in [6.45, 7) is 1.31. The fourth-order valence-electron chi connectivity index (χ4n) is 3.49. The maximum Gasteiger partial charge on any atom is 0.247 e. The lowest BCUT2D eigenvalue weighted by Crippen LogP contribution is -2.20. The number of carbonyl (C=O) groups is 1. The van der Waals surface area contributed by atoms with E-state index in [1.807, 2.05) is 30.3 Å². The first kappa shape index (κ1) is 19.8. The Morgan fingerprint density at radius 2 is 1.80 bits per heavy atom. The average Bonchev–Trinajstić information content (AvgIpc) is 3.17. The van der Waals surface area contributed by atoms with E-state index in [2.05, 4.69) is 17.2 Å². The first-order valence-electron chi connectivity index (χ1n) is 9.78. The van der Waals surface area contributed by atoms with Crippen molar-refractivity contribution in [3.8, 4) is 16.8 Å². The minimum Gasteiger partial charge on any atom is -0.273 e. The SMILES string of the molecule is CC(=O)N(F)CCCc1cccc(-c2ccc3c(cnn3-c3ccc(F)cc3)c2)c1.